The lowest BCUT2D eigenvalue weighted by molar-refractivity contribution is -0.125. The largest absolute Gasteiger partial charge is 0.497 e. The first-order valence-corrected chi connectivity index (χ1v) is 10.5. The van der Waals surface area contributed by atoms with Gasteiger partial charge < -0.3 is 24.5 Å². The van der Waals surface area contributed by atoms with Crippen LogP contribution in [0.15, 0.2) is 39.8 Å². The Morgan fingerprint density at radius 3 is 2.79 bits per heavy atom. The number of hydrogen-bond donors (Lipinski definition) is 3. The average molecular weight is 450 g/mol. The summed E-state index contributed by atoms with van der Waals surface area (Å²) >= 11 is 0. The molecule has 1 aromatic carbocycles. The zero-order valence-electron chi connectivity index (χ0n) is 17.9. The fourth-order valence-electron chi connectivity index (χ4n) is 4.34. The van der Waals surface area contributed by atoms with Crippen LogP contribution in [-0.2, 0) is 23.4 Å². The molecular formula is C23H22N4O6. The summed E-state index contributed by atoms with van der Waals surface area (Å²) in [4.78, 5) is 44.2. The molecule has 3 N–H and O–H groups in total. The smallest absolute Gasteiger partial charge is 0.322 e. The van der Waals surface area contributed by atoms with E-state index in [2.05, 4.69) is 15.6 Å². The van der Waals surface area contributed by atoms with Gasteiger partial charge in [-0.1, -0.05) is 6.07 Å². The Hall–Kier alpha value is -3.92. The molecule has 3 aliphatic heterocycles. The van der Waals surface area contributed by atoms with Crippen molar-refractivity contribution in [2.75, 3.05) is 20.3 Å². The second kappa shape index (κ2) is 7.89. The van der Waals surface area contributed by atoms with Gasteiger partial charge in [0.2, 0.25) is 0 Å². The molecule has 1 saturated heterocycles. The van der Waals surface area contributed by atoms with E-state index in [-0.39, 0.29) is 31.4 Å². The van der Waals surface area contributed by atoms with E-state index in [0.717, 1.165) is 16.8 Å². The molecule has 2 aromatic rings. The van der Waals surface area contributed by atoms with Crippen LogP contribution >= 0.6 is 0 Å². The number of aliphatic hydroxyl groups excluding tert-OH is 1. The molecule has 3 aliphatic rings. The van der Waals surface area contributed by atoms with Gasteiger partial charge in [-0.05, 0) is 35.9 Å². The lowest BCUT2D eigenvalue weighted by atomic mass is 9.95. The fraction of sp³-hybridized carbons (Fsp3) is 0.304. The first-order valence-electron chi connectivity index (χ1n) is 10.5. The van der Waals surface area contributed by atoms with Crippen molar-refractivity contribution in [1.82, 2.24) is 15.5 Å². The molecule has 4 amide bonds. The number of imide groups is 1. The van der Waals surface area contributed by atoms with Crippen LogP contribution < -0.4 is 15.4 Å². The maximum Gasteiger partial charge on any atom is 0.322 e. The Balaban J connectivity index is 1.47. The minimum absolute atomic E-state index is 0.0107. The molecule has 5 rings (SSSR count). The first kappa shape index (κ1) is 21.0. The van der Waals surface area contributed by atoms with Gasteiger partial charge in [0.25, 0.3) is 11.8 Å². The van der Waals surface area contributed by atoms with Crippen molar-refractivity contribution < 1.29 is 28.6 Å². The molecule has 0 spiro atoms. The Kier molecular flexibility index (Phi) is 5.01. The highest BCUT2D eigenvalue weighted by Gasteiger charge is 2.53. The minimum atomic E-state index is -1.57. The second-order valence-corrected chi connectivity index (χ2v) is 8.11. The molecule has 0 aliphatic carbocycles. The molecule has 0 unspecified atom stereocenters. The molecule has 170 valence electrons. The molecule has 1 atom stereocenters. The Labute approximate surface area is 188 Å². The number of benzene rings is 1. The number of methoxy groups -OCH3 is 1. The zero-order valence-corrected chi connectivity index (χ0v) is 17.9. The van der Waals surface area contributed by atoms with Gasteiger partial charge in [0, 0.05) is 36.4 Å². The fourth-order valence-corrected chi connectivity index (χ4v) is 4.34. The zero-order chi connectivity index (χ0) is 23.2. The van der Waals surface area contributed by atoms with Gasteiger partial charge in [0.05, 0.1) is 20.2 Å². The summed E-state index contributed by atoms with van der Waals surface area (Å²) < 4.78 is 11.2. The summed E-state index contributed by atoms with van der Waals surface area (Å²) in [6.45, 7) is 0.484. The molecule has 0 saturated carbocycles. The van der Waals surface area contributed by atoms with Gasteiger partial charge in [-0.2, -0.15) is 0 Å². The SMILES string of the molecule is COc1ccc2c(c1)C(=O)N(C[C@@]1(c3cc4c(o3)C=CC(CCO)=NC4)NC(=O)NC1=O)C2. The Morgan fingerprint density at radius 1 is 1.21 bits per heavy atom. The van der Waals surface area contributed by atoms with Gasteiger partial charge in [-0.25, -0.2) is 4.79 Å². The number of nitrogens with one attached hydrogen (secondary N) is 2. The van der Waals surface area contributed by atoms with Crippen LogP contribution in [-0.4, -0.2) is 53.8 Å². The van der Waals surface area contributed by atoms with Crippen LogP contribution in [0.25, 0.3) is 6.08 Å². The number of furan rings is 1. The Morgan fingerprint density at radius 2 is 2.06 bits per heavy atom. The number of fused-ring (bicyclic) bond motifs is 2. The van der Waals surface area contributed by atoms with Crippen molar-refractivity contribution in [2.24, 2.45) is 4.99 Å². The van der Waals surface area contributed by atoms with E-state index in [1.807, 2.05) is 6.07 Å². The third-order valence-corrected chi connectivity index (χ3v) is 6.08. The summed E-state index contributed by atoms with van der Waals surface area (Å²) in [7, 11) is 1.53. The van der Waals surface area contributed by atoms with E-state index < -0.39 is 17.5 Å². The van der Waals surface area contributed by atoms with Gasteiger partial charge >= 0.3 is 6.03 Å². The molecular weight excluding hydrogens is 428 g/mol. The Bertz CT molecular complexity index is 1230. The quantitative estimate of drug-likeness (QED) is 0.569. The topological polar surface area (TPSA) is 133 Å². The summed E-state index contributed by atoms with van der Waals surface area (Å²) in [5, 5.41) is 14.1. The van der Waals surface area contributed by atoms with E-state index in [9.17, 15) is 14.4 Å². The predicted molar refractivity (Wildman–Crippen MR) is 117 cm³/mol. The number of ether oxygens (including phenoxy) is 1. The third-order valence-electron chi connectivity index (χ3n) is 6.08. The number of aliphatic imine (C=N–C) groups is 1. The lowest BCUT2D eigenvalue weighted by Crippen LogP contribution is -2.52. The number of carbonyl (C=O) groups is 3. The standard InChI is InChI=1S/C23H22N4O6/c1-32-16-4-2-13-11-27(20(29)17(13)9-16)12-23(21(30)25-22(31)26-23)19-8-14-10-24-15(6-7-28)3-5-18(14)33-19/h2-5,8-9,28H,6-7,10-12H2,1H3,(H2,25,26,30,31)/t23-/m0/s1. The highest BCUT2D eigenvalue weighted by molar-refractivity contribution is 6.08. The van der Waals surface area contributed by atoms with Crippen LogP contribution in [0.5, 0.6) is 5.75 Å². The number of aliphatic hydroxyl groups is 1. The highest BCUT2D eigenvalue weighted by atomic mass is 16.5. The maximum absolute atomic E-state index is 13.1. The molecule has 0 radical (unpaired) electrons. The summed E-state index contributed by atoms with van der Waals surface area (Å²) in [6, 6.07) is 6.29. The summed E-state index contributed by atoms with van der Waals surface area (Å²) in [5.41, 5.74) is 1.21. The number of allylic oxidation sites excluding steroid dienone is 1. The maximum atomic E-state index is 13.1. The van der Waals surface area contributed by atoms with Gasteiger partial charge in [-0.15, -0.1) is 0 Å². The van der Waals surface area contributed by atoms with Crippen molar-refractivity contribution in [3.8, 4) is 5.75 Å². The molecule has 33 heavy (non-hydrogen) atoms. The van der Waals surface area contributed by atoms with Crippen LogP contribution in [0, 0.1) is 0 Å². The van der Waals surface area contributed by atoms with E-state index in [4.69, 9.17) is 14.3 Å². The predicted octanol–water partition coefficient (Wildman–Crippen LogP) is 1.33. The first-order chi connectivity index (χ1) is 15.9. The van der Waals surface area contributed by atoms with Crippen molar-refractivity contribution in [2.45, 2.75) is 25.0 Å². The number of urea groups is 1. The van der Waals surface area contributed by atoms with Gasteiger partial charge in [-0.3, -0.25) is 19.9 Å². The molecule has 1 aromatic heterocycles. The number of amides is 4. The number of nitrogens with zero attached hydrogens (tertiary/aromatic N) is 2. The van der Waals surface area contributed by atoms with Crippen LogP contribution in [0.3, 0.4) is 0 Å². The monoisotopic (exact) mass is 450 g/mol. The number of carbonyl (C=O) groups excluding carboxylic acids is 3. The summed E-state index contributed by atoms with van der Waals surface area (Å²) in [5.74, 6) is 0.446. The molecule has 10 heteroatoms. The third kappa shape index (κ3) is 3.48. The van der Waals surface area contributed by atoms with Crippen LogP contribution in [0.1, 0.15) is 39.4 Å². The van der Waals surface area contributed by atoms with Crippen molar-refractivity contribution in [1.29, 1.82) is 0 Å². The number of rotatable bonds is 6. The molecule has 0 bridgehead atoms. The molecule has 1 fully saturated rings. The van der Waals surface area contributed by atoms with E-state index in [1.165, 1.54) is 12.0 Å². The summed E-state index contributed by atoms with van der Waals surface area (Å²) in [6.07, 6.45) is 3.91. The van der Waals surface area contributed by atoms with Crippen LogP contribution in [0.2, 0.25) is 0 Å². The van der Waals surface area contributed by atoms with Gasteiger partial charge in [0.15, 0.2) is 5.54 Å². The van der Waals surface area contributed by atoms with Crippen molar-refractivity contribution in [3.63, 3.8) is 0 Å². The normalized spacial score (nSPS) is 21.3. The number of hydrogen-bond acceptors (Lipinski definition) is 7. The average Bonchev–Trinajstić information content (AvgIpc) is 3.40. The molecule has 4 heterocycles. The van der Waals surface area contributed by atoms with Crippen molar-refractivity contribution >= 4 is 29.6 Å². The van der Waals surface area contributed by atoms with Crippen LogP contribution in [0.4, 0.5) is 4.79 Å². The molecule has 10 nitrogen and oxygen atoms in total. The lowest BCUT2D eigenvalue weighted by Gasteiger charge is -2.29. The van der Waals surface area contributed by atoms with Gasteiger partial charge in [0.1, 0.15) is 17.3 Å². The highest BCUT2D eigenvalue weighted by Crippen LogP contribution is 2.35. The van der Waals surface area contributed by atoms with E-state index in [1.54, 1.807) is 30.4 Å². The van der Waals surface area contributed by atoms with E-state index >= 15 is 0 Å². The van der Waals surface area contributed by atoms with E-state index in [0.29, 0.717) is 30.0 Å². The minimum Gasteiger partial charge on any atom is -0.497 e. The van der Waals surface area contributed by atoms with Crippen molar-refractivity contribution in [3.05, 3.63) is 58.6 Å². The second-order valence-electron chi connectivity index (χ2n) is 8.11.